The van der Waals surface area contributed by atoms with Crippen LogP contribution in [0.4, 0.5) is 13.2 Å². The molecule has 2 rings (SSSR count). The van der Waals surface area contributed by atoms with Gasteiger partial charge in [-0.2, -0.15) is 13.2 Å². The average Bonchev–Trinajstić information content (AvgIpc) is 2.09. The van der Waals surface area contributed by atoms with E-state index in [-0.39, 0.29) is 22.8 Å². The Morgan fingerprint density at radius 2 is 2.06 bits per heavy atom. The summed E-state index contributed by atoms with van der Waals surface area (Å²) in [6.07, 6.45) is 0.0751. The van der Waals surface area contributed by atoms with Gasteiger partial charge in [-0.15, -0.1) is 0 Å². The molecule has 0 radical (unpaired) electrons. The Labute approximate surface area is 95.2 Å². The Bertz CT molecular complexity index is 365. The topological polar surface area (TPSA) is 21.3 Å². The van der Waals surface area contributed by atoms with E-state index < -0.39 is 5.51 Å². The maximum Gasteiger partial charge on any atom is 0.446 e. The van der Waals surface area contributed by atoms with Gasteiger partial charge >= 0.3 is 5.51 Å². The first-order valence-corrected chi connectivity index (χ1v) is 5.58. The minimum Gasteiger partial charge on any atom is -0.488 e. The molecule has 1 aromatic carbocycles. The fourth-order valence-corrected chi connectivity index (χ4v) is 1.87. The molecule has 1 heterocycles. The quantitative estimate of drug-likeness (QED) is 0.832. The molecule has 1 aromatic rings. The second kappa shape index (κ2) is 4.55. The number of thioether (sulfide) groups is 1. The summed E-state index contributed by atoms with van der Waals surface area (Å²) in [5.41, 5.74) is -4.25. The van der Waals surface area contributed by atoms with E-state index >= 15 is 0 Å². The molecule has 0 atom stereocenters. The van der Waals surface area contributed by atoms with Gasteiger partial charge in [-0.1, -0.05) is 6.07 Å². The molecule has 1 saturated heterocycles. The molecule has 0 aromatic heterocycles. The number of halogens is 3. The molecule has 6 heteroatoms. The van der Waals surface area contributed by atoms with E-state index in [2.05, 4.69) is 5.32 Å². The molecule has 2 nitrogen and oxygen atoms in total. The Morgan fingerprint density at radius 1 is 1.31 bits per heavy atom. The predicted octanol–water partition coefficient (Wildman–Crippen LogP) is 2.65. The van der Waals surface area contributed by atoms with Crippen LogP contribution in [0.3, 0.4) is 0 Å². The maximum atomic E-state index is 12.1. The van der Waals surface area contributed by atoms with E-state index in [1.54, 1.807) is 12.1 Å². The van der Waals surface area contributed by atoms with E-state index in [1.807, 2.05) is 0 Å². The second-order valence-corrected chi connectivity index (χ2v) is 4.56. The summed E-state index contributed by atoms with van der Waals surface area (Å²) in [4.78, 5) is 0.150. The Kier molecular flexibility index (Phi) is 3.30. The summed E-state index contributed by atoms with van der Waals surface area (Å²) in [6.45, 7) is 1.49. The third kappa shape index (κ3) is 3.31. The SMILES string of the molecule is FC(F)(F)Sc1cccc(OC2CNC2)c1. The summed E-state index contributed by atoms with van der Waals surface area (Å²) in [5.74, 6) is 0.487. The van der Waals surface area contributed by atoms with Crippen molar-refractivity contribution >= 4 is 11.8 Å². The zero-order chi connectivity index (χ0) is 11.6. The first-order valence-electron chi connectivity index (χ1n) is 4.76. The minimum atomic E-state index is -4.25. The summed E-state index contributed by atoms with van der Waals surface area (Å²) in [6, 6.07) is 6.06. The highest BCUT2D eigenvalue weighted by Crippen LogP contribution is 2.37. The highest BCUT2D eigenvalue weighted by Gasteiger charge is 2.29. The first kappa shape index (κ1) is 11.6. The largest absolute Gasteiger partial charge is 0.488 e. The van der Waals surface area contributed by atoms with E-state index in [1.165, 1.54) is 12.1 Å². The van der Waals surface area contributed by atoms with E-state index in [4.69, 9.17) is 4.74 Å². The maximum absolute atomic E-state index is 12.1. The van der Waals surface area contributed by atoms with Crippen molar-refractivity contribution in [2.75, 3.05) is 13.1 Å². The molecule has 1 fully saturated rings. The molecule has 16 heavy (non-hydrogen) atoms. The average molecular weight is 249 g/mol. The van der Waals surface area contributed by atoms with Crippen LogP contribution in [0.1, 0.15) is 0 Å². The van der Waals surface area contributed by atoms with Crippen LogP contribution in [0.5, 0.6) is 5.75 Å². The Morgan fingerprint density at radius 3 is 2.62 bits per heavy atom. The molecular formula is C10H10F3NOS. The van der Waals surface area contributed by atoms with Gasteiger partial charge in [-0.3, -0.25) is 0 Å². The van der Waals surface area contributed by atoms with Gasteiger partial charge in [0.15, 0.2) is 0 Å². The molecule has 0 unspecified atom stereocenters. The van der Waals surface area contributed by atoms with Gasteiger partial charge in [0.2, 0.25) is 0 Å². The Balaban J connectivity index is 2.00. The number of rotatable bonds is 3. The normalized spacial score (nSPS) is 16.9. The van der Waals surface area contributed by atoms with Gasteiger partial charge in [0.05, 0.1) is 0 Å². The number of hydrogen-bond donors (Lipinski definition) is 1. The Hall–Kier alpha value is -0.880. The van der Waals surface area contributed by atoms with Crippen LogP contribution in [-0.4, -0.2) is 24.7 Å². The molecule has 0 spiro atoms. The monoisotopic (exact) mass is 249 g/mol. The van der Waals surface area contributed by atoms with Crippen LogP contribution in [0.15, 0.2) is 29.2 Å². The van der Waals surface area contributed by atoms with Crippen LogP contribution in [0, 0.1) is 0 Å². The molecule has 1 N–H and O–H groups in total. The summed E-state index contributed by atoms with van der Waals surface area (Å²) < 4.78 is 41.8. The molecule has 1 aliphatic heterocycles. The van der Waals surface area contributed by atoms with Gasteiger partial charge < -0.3 is 10.1 Å². The van der Waals surface area contributed by atoms with Crippen LogP contribution < -0.4 is 10.1 Å². The molecule has 88 valence electrons. The second-order valence-electron chi connectivity index (χ2n) is 3.42. The lowest BCUT2D eigenvalue weighted by Gasteiger charge is -2.27. The summed E-state index contributed by atoms with van der Waals surface area (Å²) in [7, 11) is 0. The minimum absolute atomic E-state index is 0.0751. The highest BCUT2D eigenvalue weighted by atomic mass is 32.2. The van der Waals surface area contributed by atoms with E-state index in [9.17, 15) is 13.2 Å². The van der Waals surface area contributed by atoms with Gasteiger partial charge in [0, 0.05) is 18.0 Å². The lowest BCUT2D eigenvalue weighted by atomic mass is 10.2. The summed E-state index contributed by atoms with van der Waals surface area (Å²) >= 11 is -0.128. The van der Waals surface area contributed by atoms with Crippen LogP contribution >= 0.6 is 11.8 Å². The van der Waals surface area contributed by atoms with Crippen molar-refractivity contribution in [1.29, 1.82) is 0 Å². The predicted molar refractivity (Wildman–Crippen MR) is 55.6 cm³/mol. The number of hydrogen-bond acceptors (Lipinski definition) is 3. The molecule has 0 saturated carbocycles. The zero-order valence-corrected chi connectivity index (χ0v) is 9.07. The number of benzene rings is 1. The van der Waals surface area contributed by atoms with E-state index in [0.29, 0.717) is 5.75 Å². The van der Waals surface area contributed by atoms with Gasteiger partial charge in [-0.05, 0) is 30.0 Å². The fourth-order valence-electron chi connectivity index (χ4n) is 1.28. The molecular weight excluding hydrogens is 239 g/mol. The molecule has 0 aliphatic carbocycles. The smallest absolute Gasteiger partial charge is 0.446 e. The fraction of sp³-hybridized carbons (Fsp3) is 0.400. The third-order valence-corrected chi connectivity index (χ3v) is 2.81. The van der Waals surface area contributed by atoms with Crippen molar-refractivity contribution in [3.8, 4) is 5.75 Å². The van der Waals surface area contributed by atoms with Gasteiger partial charge in [0.1, 0.15) is 11.9 Å². The van der Waals surface area contributed by atoms with Crippen LogP contribution in [-0.2, 0) is 0 Å². The van der Waals surface area contributed by atoms with Crippen molar-refractivity contribution in [2.24, 2.45) is 0 Å². The number of ether oxygens (including phenoxy) is 1. The molecule has 0 amide bonds. The third-order valence-electron chi connectivity index (χ3n) is 2.09. The van der Waals surface area contributed by atoms with Crippen molar-refractivity contribution in [3.63, 3.8) is 0 Å². The van der Waals surface area contributed by atoms with Crippen molar-refractivity contribution < 1.29 is 17.9 Å². The standard InChI is InChI=1S/C10H10F3NOS/c11-10(12,13)16-9-3-1-2-7(4-9)15-8-5-14-6-8/h1-4,8,14H,5-6H2. The van der Waals surface area contributed by atoms with Crippen molar-refractivity contribution in [2.45, 2.75) is 16.5 Å². The van der Waals surface area contributed by atoms with Crippen LogP contribution in [0.25, 0.3) is 0 Å². The highest BCUT2D eigenvalue weighted by molar-refractivity contribution is 8.00. The lowest BCUT2D eigenvalue weighted by Crippen LogP contribution is -2.50. The first-order chi connectivity index (χ1) is 7.53. The van der Waals surface area contributed by atoms with Crippen LogP contribution in [0.2, 0.25) is 0 Å². The van der Waals surface area contributed by atoms with Gasteiger partial charge in [0.25, 0.3) is 0 Å². The van der Waals surface area contributed by atoms with Crippen molar-refractivity contribution in [3.05, 3.63) is 24.3 Å². The van der Waals surface area contributed by atoms with Gasteiger partial charge in [-0.25, -0.2) is 0 Å². The van der Waals surface area contributed by atoms with E-state index in [0.717, 1.165) is 13.1 Å². The number of nitrogens with one attached hydrogen (secondary N) is 1. The zero-order valence-electron chi connectivity index (χ0n) is 8.25. The number of alkyl halides is 3. The molecule has 1 aliphatic rings. The molecule has 0 bridgehead atoms. The van der Waals surface area contributed by atoms with Crippen molar-refractivity contribution in [1.82, 2.24) is 5.32 Å². The summed E-state index contributed by atoms with van der Waals surface area (Å²) in [5, 5.41) is 3.02. The lowest BCUT2D eigenvalue weighted by molar-refractivity contribution is -0.0328.